The van der Waals surface area contributed by atoms with E-state index >= 15 is 0 Å². The van der Waals surface area contributed by atoms with Gasteiger partial charge in [-0.3, -0.25) is 14.7 Å². The van der Waals surface area contributed by atoms with Crippen LogP contribution in [-0.4, -0.2) is 65.6 Å². The van der Waals surface area contributed by atoms with Crippen LogP contribution in [0.4, 0.5) is 10.5 Å². The molecule has 3 heterocycles. The minimum Gasteiger partial charge on any atom is -0.491 e. The minimum atomic E-state index is -0.905. The van der Waals surface area contributed by atoms with Crippen LogP contribution in [0.3, 0.4) is 0 Å². The first-order chi connectivity index (χ1) is 21.4. The quantitative estimate of drug-likeness (QED) is 0.210. The molecule has 226 valence electrons. The zero-order valence-corrected chi connectivity index (χ0v) is 24.6. The molecule has 0 fully saturated rings. The molecule has 10 nitrogen and oxygen atoms in total. The predicted octanol–water partition coefficient (Wildman–Crippen LogP) is 4.81. The first-order valence-corrected chi connectivity index (χ1v) is 14.8. The van der Waals surface area contributed by atoms with Gasteiger partial charge in [0.15, 0.2) is 0 Å². The number of benzene rings is 3. The van der Waals surface area contributed by atoms with Crippen LogP contribution in [0.15, 0.2) is 83.4 Å². The highest BCUT2D eigenvalue weighted by atomic mass is 35.5. The topological polar surface area (TPSA) is 142 Å². The van der Waals surface area contributed by atoms with Crippen LogP contribution in [0, 0.1) is 0 Å². The molecule has 1 aromatic heterocycles. The number of nitrogens with two attached hydrogens (primary N) is 1. The van der Waals surface area contributed by atoms with E-state index in [9.17, 15) is 14.7 Å². The highest BCUT2D eigenvalue weighted by Crippen LogP contribution is 2.39. The van der Waals surface area contributed by atoms with Gasteiger partial charge in [-0.15, -0.1) is 0 Å². The summed E-state index contributed by atoms with van der Waals surface area (Å²) in [7, 11) is 0. The molecule has 0 aliphatic carbocycles. The molecule has 2 amide bonds. The summed E-state index contributed by atoms with van der Waals surface area (Å²) in [5.41, 5.74) is 11.1. The fraction of sp³-hybridized carbons (Fsp3) is 0.242. The van der Waals surface area contributed by atoms with Crippen molar-refractivity contribution in [2.45, 2.75) is 25.0 Å². The molecule has 2 aliphatic rings. The van der Waals surface area contributed by atoms with Gasteiger partial charge in [0.1, 0.15) is 30.3 Å². The van der Waals surface area contributed by atoms with E-state index in [2.05, 4.69) is 15.3 Å². The number of amides is 2. The number of nitrogens with zero attached hydrogens (tertiary/aromatic N) is 2. The molecule has 6 rings (SSSR count). The number of aliphatic hydroxyl groups excluding tert-OH is 1. The number of carbonyl (C=O) groups is 2. The second kappa shape index (κ2) is 12.8. The van der Waals surface area contributed by atoms with Gasteiger partial charge in [0.2, 0.25) is 0 Å². The molecule has 44 heavy (non-hydrogen) atoms. The number of aromatic amines is 1. The molecule has 2 unspecified atom stereocenters. The molecule has 0 spiro atoms. The van der Waals surface area contributed by atoms with Gasteiger partial charge in [-0.05, 0) is 78.6 Å². The number of nitrogens with one attached hydrogen (secondary N) is 2. The van der Waals surface area contributed by atoms with Crippen LogP contribution < -0.4 is 20.5 Å². The van der Waals surface area contributed by atoms with Crippen molar-refractivity contribution in [3.8, 4) is 11.5 Å². The molecule has 4 aromatic rings. The number of anilines is 1. The summed E-state index contributed by atoms with van der Waals surface area (Å²) >= 11 is 6.01. The van der Waals surface area contributed by atoms with E-state index in [1.165, 1.54) is 0 Å². The van der Waals surface area contributed by atoms with Gasteiger partial charge in [-0.2, -0.15) is 0 Å². The third kappa shape index (κ3) is 6.41. The zero-order chi connectivity index (χ0) is 30.6. The number of H-pyrrole nitrogens is 1. The Bertz CT molecular complexity index is 1730. The van der Waals surface area contributed by atoms with Crippen molar-refractivity contribution in [2.75, 3.05) is 32.0 Å². The standard InChI is InChI=1S/C33H32ClN5O5/c34-22-5-10-26(11-6-22)44-33(42)39-15-13-27-28-16-23(35)7-12-29(28)38-30(27)31(39)20-3-8-25(9-4-20)43-19-24(40)18-37-32(41)21-2-1-14-36-17-21/h2-12,16-17,24,31,38,40H,1,13-15,18-19,35H2,(H,37,41). The SMILES string of the molecule is Nc1ccc2[nH]c3c(c2c1)CCN(C(=O)Oc1ccc(Cl)cc1)C3c1ccc(OCC(O)CNC(=O)C2=CCCN=C2)cc1. The van der Waals surface area contributed by atoms with Crippen LogP contribution in [0.25, 0.3) is 10.9 Å². The summed E-state index contributed by atoms with van der Waals surface area (Å²) in [6.45, 7) is 1.15. The van der Waals surface area contributed by atoms with Gasteiger partial charge < -0.3 is 30.6 Å². The number of ether oxygens (including phenoxy) is 2. The van der Waals surface area contributed by atoms with Gasteiger partial charge in [0.05, 0.1) is 5.57 Å². The number of hydrogen-bond acceptors (Lipinski definition) is 7. The Morgan fingerprint density at radius 1 is 1.11 bits per heavy atom. The van der Waals surface area contributed by atoms with Gasteiger partial charge in [0, 0.05) is 53.2 Å². The van der Waals surface area contributed by atoms with Crippen LogP contribution in [0.1, 0.15) is 29.3 Å². The molecule has 0 saturated heterocycles. The van der Waals surface area contributed by atoms with Crippen molar-refractivity contribution >= 4 is 46.4 Å². The lowest BCUT2D eigenvalue weighted by molar-refractivity contribution is -0.117. The number of carbonyl (C=O) groups excluding carboxylic acids is 2. The van der Waals surface area contributed by atoms with Crippen molar-refractivity contribution in [1.29, 1.82) is 0 Å². The summed E-state index contributed by atoms with van der Waals surface area (Å²) in [6, 6.07) is 19.3. The second-order valence-electron chi connectivity index (χ2n) is 10.7. The monoisotopic (exact) mass is 613 g/mol. The average Bonchev–Trinajstić information content (AvgIpc) is 3.41. The number of halogens is 1. The second-order valence-corrected chi connectivity index (χ2v) is 11.2. The van der Waals surface area contributed by atoms with Crippen LogP contribution in [-0.2, 0) is 11.2 Å². The minimum absolute atomic E-state index is 0.0106. The van der Waals surface area contributed by atoms with Crippen molar-refractivity contribution in [3.63, 3.8) is 0 Å². The van der Waals surface area contributed by atoms with Crippen molar-refractivity contribution < 1.29 is 24.2 Å². The Kier molecular flexibility index (Phi) is 8.53. The van der Waals surface area contributed by atoms with Crippen LogP contribution in [0.2, 0.25) is 5.02 Å². The van der Waals surface area contributed by atoms with E-state index in [0.29, 0.717) is 47.3 Å². The Labute approximate surface area is 259 Å². The number of dihydropyridines is 1. The van der Waals surface area contributed by atoms with Crippen molar-refractivity contribution in [1.82, 2.24) is 15.2 Å². The highest BCUT2D eigenvalue weighted by molar-refractivity contribution is 6.30. The fourth-order valence-electron chi connectivity index (χ4n) is 5.48. The van der Waals surface area contributed by atoms with E-state index in [0.717, 1.165) is 34.1 Å². The lowest BCUT2D eigenvalue weighted by Crippen LogP contribution is -2.42. The molecule has 2 aliphatic heterocycles. The first kappa shape index (κ1) is 29.3. The summed E-state index contributed by atoms with van der Waals surface area (Å²) in [4.78, 5) is 35.1. The first-order valence-electron chi connectivity index (χ1n) is 14.4. The lowest BCUT2D eigenvalue weighted by Gasteiger charge is -2.35. The summed E-state index contributed by atoms with van der Waals surface area (Å²) in [5, 5.41) is 14.7. The number of hydrogen-bond donors (Lipinski definition) is 4. The third-order valence-corrected chi connectivity index (χ3v) is 7.91. The molecule has 11 heteroatoms. The normalized spacial score (nSPS) is 16.6. The number of fused-ring (bicyclic) bond motifs is 3. The van der Waals surface area contributed by atoms with Crippen LogP contribution >= 0.6 is 11.6 Å². The maximum absolute atomic E-state index is 13.5. The average molecular weight is 614 g/mol. The third-order valence-electron chi connectivity index (χ3n) is 7.66. The maximum Gasteiger partial charge on any atom is 0.416 e. The summed E-state index contributed by atoms with van der Waals surface area (Å²) in [6.07, 6.45) is 3.33. The molecule has 3 aromatic carbocycles. The number of aromatic nitrogens is 1. The van der Waals surface area contributed by atoms with Gasteiger partial charge >= 0.3 is 6.09 Å². The number of aliphatic hydroxyl groups is 1. The predicted molar refractivity (Wildman–Crippen MR) is 169 cm³/mol. The van der Waals surface area contributed by atoms with E-state index in [-0.39, 0.29) is 19.1 Å². The van der Waals surface area contributed by atoms with Crippen molar-refractivity contribution in [3.05, 3.63) is 100 Å². The summed E-state index contributed by atoms with van der Waals surface area (Å²) < 4.78 is 11.5. The van der Waals surface area contributed by atoms with Gasteiger partial charge in [0.25, 0.3) is 5.91 Å². The Morgan fingerprint density at radius 2 is 1.89 bits per heavy atom. The largest absolute Gasteiger partial charge is 0.491 e. The van der Waals surface area contributed by atoms with Crippen LogP contribution in [0.5, 0.6) is 11.5 Å². The maximum atomic E-state index is 13.5. The molecule has 0 bridgehead atoms. The van der Waals surface area contributed by atoms with Crippen molar-refractivity contribution in [2.24, 2.45) is 4.99 Å². The summed E-state index contributed by atoms with van der Waals surface area (Å²) in [5.74, 6) is 0.662. The fourth-order valence-corrected chi connectivity index (χ4v) is 5.61. The number of nitrogen functional groups attached to an aromatic ring is 1. The molecular weight excluding hydrogens is 582 g/mol. The van der Waals surface area contributed by atoms with Gasteiger partial charge in [-0.25, -0.2) is 4.79 Å². The highest BCUT2D eigenvalue weighted by Gasteiger charge is 2.36. The van der Waals surface area contributed by atoms with E-state index in [1.807, 2.05) is 36.4 Å². The zero-order valence-electron chi connectivity index (χ0n) is 23.8. The van der Waals surface area contributed by atoms with E-state index in [4.69, 9.17) is 26.8 Å². The Morgan fingerprint density at radius 3 is 2.64 bits per heavy atom. The molecule has 5 N–H and O–H groups in total. The Balaban J connectivity index is 1.18. The molecule has 0 radical (unpaired) electrons. The Hall–Kier alpha value is -4.80. The lowest BCUT2D eigenvalue weighted by atomic mass is 9.92. The molecule has 2 atom stereocenters. The molecular formula is C33H32ClN5O5. The number of aliphatic imine (C=N–C) groups is 1. The van der Waals surface area contributed by atoms with E-state index < -0.39 is 18.2 Å². The molecule has 0 saturated carbocycles. The van der Waals surface area contributed by atoms with Gasteiger partial charge in [-0.1, -0.05) is 29.8 Å². The number of rotatable bonds is 8. The van der Waals surface area contributed by atoms with E-state index in [1.54, 1.807) is 47.5 Å². The smallest absolute Gasteiger partial charge is 0.416 e.